The molecule has 0 atom stereocenters. The van der Waals surface area contributed by atoms with Crippen LogP contribution in [0, 0.1) is 0 Å². The predicted molar refractivity (Wildman–Crippen MR) is 90.5 cm³/mol. The minimum Gasteiger partial charge on any atom is -0.351 e. The summed E-state index contributed by atoms with van der Waals surface area (Å²) >= 11 is 0. The van der Waals surface area contributed by atoms with Crippen LogP contribution in [0.4, 0.5) is 0 Å². The number of carbonyl (C=O) groups excluding carboxylic acids is 1. The van der Waals surface area contributed by atoms with E-state index in [0.717, 1.165) is 17.7 Å². The molecule has 0 heterocycles. The molecule has 3 heteroatoms. The van der Waals surface area contributed by atoms with E-state index < -0.39 is 5.41 Å². The van der Waals surface area contributed by atoms with Gasteiger partial charge in [-0.25, -0.2) is 0 Å². The lowest BCUT2D eigenvalue weighted by molar-refractivity contribution is -0.125. The SMILES string of the molecule is CNCc1ccc(CNC(=O)C(C)(C)c2ccccc2)cc1. The second-order valence-corrected chi connectivity index (χ2v) is 6.02. The van der Waals surface area contributed by atoms with E-state index in [1.807, 2.05) is 51.2 Å². The fourth-order valence-corrected chi connectivity index (χ4v) is 2.37. The summed E-state index contributed by atoms with van der Waals surface area (Å²) in [5, 5.41) is 6.16. The molecule has 1 amide bonds. The highest BCUT2D eigenvalue weighted by Crippen LogP contribution is 2.23. The topological polar surface area (TPSA) is 41.1 Å². The van der Waals surface area contributed by atoms with Gasteiger partial charge < -0.3 is 10.6 Å². The predicted octanol–water partition coefficient (Wildman–Crippen LogP) is 3.00. The van der Waals surface area contributed by atoms with E-state index in [9.17, 15) is 4.79 Å². The van der Waals surface area contributed by atoms with Crippen molar-refractivity contribution >= 4 is 5.91 Å². The molecule has 0 saturated carbocycles. The smallest absolute Gasteiger partial charge is 0.230 e. The first-order chi connectivity index (χ1) is 10.5. The molecule has 2 aromatic carbocycles. The van der Waals surface area contributed by atoms with E-state index in [2.05, 4.69) is 34.9 Å². The van der Waals surface area contributed by atoms with Crippen molar-refractivity contribution in [2.24, 2.45) is 0 Å². The van der Waals surface area contributed by atoms with Gasteiger partial charge >= 0.3 is 0 Å². The lowest BCUT2D eigenvalue weighted by atomic mass is 9.84. The first-order valence-corrected chi connectivity index (χ1v) is 7.60. The molecule has 0 bridgehead atoms. The number of hydrogen-bond donors (Lipinski definition) is 2. The maximum Gasteiger partial charge on any atom is 0.230 e. The van der Waals surface area contributed by atoms with Gasteiger partial charge in [-0.1, -0.05) is 54.6 Å². The van der Waals surface area contributed by atoms with Gasteiger partial charge in [0.05, 0.1) is 5.41 Å². The van der Waals surface area contributed by atoms with Crippen molar-refractivity contribution in [1.29, 1.82) is 0 Å². The fourth-order valence-electron chi connectivity index (χ4n) is 2.37. The molecule has 3 nitrogen and oxygen atoms in total. The van der Waals surface area contributed by atoms with Crippen molar-refractivity contribution in [2.75, 3.05) is 7.05 Å². The van der Waals surface area contributed by atoms with Crippen LogP contribution in [0.25, 0.3) is 0 Å². The summed E-state index contributed by atoms with van der Waals surface area (Å²) in [4.78, 5) is 12.5. The summed E-state index contributed by atoms with van der Waals surface area (Å²) < 4.78 is 0. The van der Waals surface area contributed by atoms with Crippen molar-refractivity contribution in [3.8, 4) is 0 Å². The van der Waals surface area contributed by atoms with Crippen molar-refractivity contribution in [2.45, 2.75) is 32.4 Å². The first-order valence-electron chi connectivity index (χ1n) is 7.60. The zero-order valence-corrected chi connectivity index (χ0v) is 13.5. The lowest BCUT2D eigenvalue weighted by Gasteiger charge is -2.24. The molecule has 0 aliphatic rings. The van der Waals surface area contributed by atoms with E-state index in [-0.39, 0.29) is 5.91 Å². The zero-order chi connectivity index (χ0) is 16.0. The van der Waals surface area contributed by atoms with Crippen LogP contribution >= 0.6 is 0 Å². The Morgan fingerprint density at radius 2 is 1.45 bits per heavy atom. The Morgan fingerprint density at radius 3 is 2.00 bits per heavy atom. The van der Waals surface area contributed by atoms with Crippen LogP contribution in [0.15, 0.2) is 54.6 Å². The normalized spacial score (nSPS) is 11.2. The van der Waals surface area contributed by atoms with E-state index in [4.69, 9.17) is 0 Å². The molecule has 0 saturated heterocycles. The molecule has 0 aliphatic carbocycles. The molecule has 0 unspecified atom stereocenters. The van der Waals surface area contributed by atoms with E-state index in [1.54, 1.807) is 0 Å². The van der Waals surface area contributed by atoms with Gasteiger partial charge in [-0.2, -0.15) is 0 Å². The minimum atomic E-state index is -0.534. The van der Waals surface area contributed by atoms with E-state index >= 15 is 0 Å². The summed E-state index contributed by atoms with van der Waals surface area (Å²) in [5.41, 5.74) is 2.84. The molecule has 0 radical (unpaired) electrons. The molecule has 2 rings (SSSR count). The van der Waals surface area contributed by atoms with Gasteiger partial charge in [0.1, 0.15) is 0 Å². The number of amides is 1. The second-order valence-electron chi connectivity index (χ2n) is 6.02. The fraction of sp³-hybridized carbons (Fsp3) is 0.316. The molecule has 0 aliphatic heterocycles. The van der Waals surface area contributed by atoms with Crippen molar-refractivity contribution in [3.63, 3.8) is 0 Å². The summed E-state index contributed by atoms with van der Waals surface area (Å²) in [6.45, 7) is 5.31. The standard InChI is InChI=1S/C19H24N2O/c1-19(2,17-7-5-4-6-8-17)18(22)21-14-16-11-9-15(10-12-16)13-20-3/h4-12,20H,13-14H2,1-3H3,(H,21,22). The zero-order valence-electron chi connectivity index (χ0n) is 13.5. The summed E-state index contributed by atoms with van der Waals surface area (Å²) in [5.74, 6) is 0.0398. The summed E-state index contributed by atoms with van der Waals surface area (Å²) in [6, 6.07) is 18.2. The molecule has 116 valence electrons. The third-order valence-corrected chi connectivity index (χ3v) is 3.92. The highest BCUT2D eigenvalue weighted by Gasteiger charge is 2.29. The maximum atomic E-state index is 12.5. The molecule has 0 fully saturated rings. The Balaban J connectivity index is 1.97. The summed E-state index contributed by atoms with van der Waals surface area (Å²) in [7, 11) is 1.93. The Hall–Kier alpha value is -2.13. The van der Waals surface area contributed by atoms with Crippen LogP contribution < -0.4 is 10.6 Å². The van der Waals surface area contributed by atoms with Crippen LogP contribution in [0.5, 0.6) is 0 Å². The van der Waals surface area contributed by atoms with Gasteiger partial charge in [0.2, 0.25) is 5.91 Å². The number of rotatable bonds is 6. The molecule has 2 N–H and O–H groups in total. The Labute approximate surface area is 132 Å². The number of benzene rings is 2. The van der Waals surface area contributed by atoms with Gasteiger partial charge in [-0.15, -0.1) is 0 Å². The van der Waals surface area contributed by atoms with Crippen LogP contribution in [-0.2, 0) is 23.3 Å². The van der Waals surface area contributed by atoms with Crippen LogP contribution in [-0.4, -0.2) is 13.0 Å². The molecule has 2 aromatic rings. The highest BCUT2D eigenvalue weighted by molar-refractivity contribution is 5.87. The van der Waals surface area contributed by atoms with Gasteiger partial charge in [0.25, 0.3) is 0 Å². The number of hydrogen-bond acceptors (Lipinski definition) is 2. The molecule has 0 aromatic heterocycles. The van der Waals surface area contributed by atoms with E-state index in [0.29, 0.717) is 6.54 Å². The van der Waals surface area contributed by atoms with Crippen LogP contribution in [0.1, 0.15) is 30.5 Å². The van der Waals surface area contributed by atoms with Gasteiger partial charge in [0.15, 0.2) is 0 Å². The average Bonchev–Trinajstić information content (AvgIpc) is 2.55. The molecule has 22 heavy (non-hydrogen) atoms. The number of nitrogens with one attached hydrogen (secondary N) is 2. The monoisotopic (exact) mass is 296 g/mol. The maximum absolute atomic E-state index is 12.5. The Morgan fingerprint density at radius 1 is 0.909 bits per heavy atom. The highest BCUT2D eigenvalue weighted by atomic mass is 16.2. The quantitative estimate of drug-likeness (QED) is 0.860. The largest absolute Gasteiger partial charge is 0.351 e. The number of carbonyl (C=O) groups is 1. The first kappa shape index (κ1) is 16.2. The molecular formula is C19H24N2O. The van der Waals surface area contributed by atoms with Crippen molar-refractivity contribution in [3.05, 3.63) is 71.3 Å². The minimum absolute atomic E-state index is 0.0398. The summed E-state index contributed by atoms with van der Waals surface area (Å²) in [6.07, 6.45) is 0. The van der Waals surface area contributed by atoms with Crippen molar-refractivity contribution in [1.82, 2.24) is 10.6 Å². The molecule has 0 spiro atoms. The molecular weight excluding hydrogens is 272 g/mol. The Bertz CT molecular complexity index is 603. The third kappa shape index (κ3) is 3.95. The lowest BCUT2D eigenvalue weighted by Crippen LogP contribution is -2.39. The van der Waals surface area contributed by atoms with E-state index in [1.165, 1.54) is 5.56 Å². The van der Waals surface area contributed by atoms with Crippen molar-refractivity contribution < 1.29 is 4.79 Å². The van der Waals surface area contributed by atoms with Gasteiger partial charge in [-0.3, -0.25) is 4.79 Å². The Kier molecular flexibility index (Phi) is 5.34. The van der Waals surface area contributed by atoms with Crippen LogP contribution in [0.2, 0.25) is 0 Å². The second kappa shape index (κ2) is 7.23. The average molecular weight is 296 g/mol. The van der Waals surface area contributed by atoms with Crippen LogP contribution in [0.3, 0.4) is 0 Å². The van der Waals surface area contributed by atoms with Gasteiger partial charge in [-0.05, 0) is 37.6 Å². The van der Waals surface area contributed by atoms with Gasteiger partial charge in [0, 0.05) is 13.1 Å². The third-order valence-electron chi connectivity index (χ3n) is 3.92.